The van der Waals surface area contributed by atoms with Crippen LogP contribution in [-0.2, 0) is 0 Å². The molecule has 138 valence electrons. The van der Waals surface area contributed by atoms with Crippen molar-refractivity contribution in [3.05, 3.63) is 84.9 Å². The van der Waals surface area contributed by atoms with Crippen LogP contribution < -0.4 is 22.9 Å². The topological polar surface area (TPSA) is 104 Å². The predicted molar refractivity (Wildman–Crippen MR) is 123 cm³/mol. The van der Waals surface area contributed by atoms with Crippen molar-refractivity contribution in [2.24, 2.45) is 0 Å². The van der Waals surface area contributed by atoms with Gasteiger partial charge in [0.15, 0.2) is 0 Å². The highest BCUT2D eigenvalue weighted by molar-refractivity contribution is 6.06. The molecule has 0 aliphatic carbocycles. The van der Waals surface area contributed by atoms with Gasteiger partial charge >= 0.3 is 0 Å². The molecule has 28 heavy (non-hydrogen) atoms. The van der Waals surface area contributed by atoms with Gasteiger partial charge in [0.25, 0.3) is 0 Å². The van der Waals surface area contributed by atoms with Gasteiger partial charge in [0, 0.05) is 10.8 Å². The summed E-state index contributed by atoms with van der Waals surface area (Å²) < 4.78 is 0. The maximum Gasteiger partial charge on any atom is 0.0627 e. The van der Waals surface area contributed by atoms with Crippen molar-refractivity contribution in [3.8, 4) is 0 Å². The Kier molecular flexibility index (Phi) is 4.38. The van der Waals surface area contributed by atoms with Crippen molar-refractivity contribution >= 4 is 55.1 Å². The molecule has 4 heteroatoms. The average molecular weight is 366 g/mol. The van der Waals surface area contributed by atoms with E-state index in [2.05, 4.69) is 24.3 Å². The van der Waals surface area contributed by atoms with Crippen LogP contribution >= 0.6 is 0 Å². The molecule has 8 N–H and O–H groups in total. The van der Waals surface area contributed by atoms with Crippen molar-refractivity contribution in [2.45, 2.75) is 0 Å². The highest BCUT2D eigenvalue weighted by atomic mass is 14.7. The Morgan fingerprint density at radius 1 is 0.393 bits per heavy atom. The second kappa shape index (κ2) is 7.00. The normalized spacial score (nSPS) is 10.7. The molecule has 0 aliphatic rings. The first-order chi connectivity index (χ1) is 13.5. The van der Waals surface area contributed by atoms with E-state index in [1.807, 2.05) is 60.7 Å². The highest BCUT2D eigenvalue weighted by Crippen LogP contribution is 2.30. The molecule has 5 aromatic rings. The fourth-order valence-corrected chi connectivity index (χ4v) is 3.37. The highest BCUT2D eigenvalue weighted by Gasteiger charge is 2.03. The maximum atomic E-state index is 5.98. The molecule has 0 fully saturated rings. The van der Waals surface area contributed by atoms with Crippen LogP contribution in [0.4, 0.5) is 22.7 Å². The first kappa shape index (κ1) is 17.5. The summed E-state index contributed by atoms with van der Waals surface area (Å²) in [6, 6.07) is 28.1. The second-order valence-electron chi connectivity index (χ2n) is 6.78. The largest absolute Gasteiger partial charge is 0.397 e. The number of anilines is 4. The van der Waals surface area contributed by atoms with Crippen LogP contribution in [0.3, 0.4) is 0 Å². The predicted octanol–water partition coefficient (Wildman–Crippen LogP) is 5.16. The summed E-state index contributed by atoms with van der Waals surface area (Å²) >= 11 is 0. The van der Waals surface area contributed by atoms with Crippen LogP contribution in [0.1, 0.15) is 0 Å². The number of hydrogen-bond acceptors (Lipinski definition) is 4. The van der Waals surface area contributed by atoms with Gasteiger partial charge in [0.2, 0.25) is 0 Å². The number of rotatable bonds is 0. The van der Waals surface area contributed by atoms with Crippen molar-refractivity contribution in [2.75, 3.05) is 22.9 Å². The summed E-state index contributed by atoms with van der Waals surface area (Å²) in [6.07, 6.45) is 0. The number of hydrogen-bond donors (Lipinski definition) is 4. The molecule has 0 spiro atoms. The van der Waals surface area contributed by atoms with Crippen LogP contribution in [0.2, 0.25) is 0 Å². The molecular formula is C24H22N4. The quantitative estimate of drug-likeness (QED) is 0.224. The second-order valence-corrected chi connectivity index (χ2v) is 6.78. The molecule has 4 nitrogen and oxygen atoms in total. The minimum atomic E-state index is 0.641. The Bertz CT molecular complexity index is 1310. The van der Waals surface area contributed by atoms with Gasteiger partial charge in [-0.2, -0.15) is 0 Å². The number of fused-ring (bicyclic) bond motifs is 3. The van der Waals surface area contributed by atoms with Gasteiger partial charge in [-0.1, -0.05) is 60.7 Å². The van der Waals surface area contributed by atoms with Gasteiger partial charge in [-0.15, -0.1) is 0 Å². The summed E-state index contributed by atoms with van der Waals surface area (Å²) in [5, 5.41) is 6.72. The van der Waals surface area contributed by atoms with Crippen LogP contribution in [0.15, 0.2) is 84.9 Å². The Balaban J connectivity index is 0.000000143. The van der Waals surface area contributed by atoms with Crippen LogP contribution in [-0.4, -0.2) is 0 Å². The van der Waals surface area contributed by atoms with Gasteiger partial charge < -0.3 is 22.9 Å². The van der Waals surface area contributed by atoms with E-state index in [9.17, 15) is 0 Å². The standard InChI is InChI=1S/C14H12N2.C10H10N2/c15-13-6-5-11-7-9-3-1-2-4-10(9)8-12(11)14(13)16;11-9-6-5-7-3-1-2-4-8(7)10(9)12/h1-8H,15-16H2;1-6H,11-12H2. The van der Waals surface area contributed by atoms with Crippen LogP contribution in [0, 0.1) is 0 Å². The monoisotopic (exact) mass is 366 g/mol. The third kappa shape index (κ3) is 3.12. The molecule has 0 heterocycles. The Hall–Kier alpha value is -3.92. The minimum absolute atomic E-state index is 0.641. The van der Waals surface area contributed by atoms with Crippen LogP contribution in [0.25, 0.3) is 32.3 Å². The molecule has 5 aromatic carbocycles. The molecular weight excluding hydrogens is 344 g/mol. The van der Waals surface area contributed by atoms with E-state index < -0.39 is 0 Å². The number of nitrogens with two attached hydrogens (primary N) is 4. The first-order valence-corrected chi connectivity index (χ1v) is 9.04. The van der Waals surface area contributed by atoms with Gasteiger partial charge in [-0.25, -0.2) is 0 Å². The van der Waals surface area contributed by atoms with E-state index in [0.29, 0.717) is 22.7 Å². The Labute approximate surface area is 163 Å². The third-order valence-corrected chi connectivity index (χ3v) is 4.97. The SMILES string of the molecule is Nc1ccc2cc3ccccc3cc2c1N.Nc1ccc2ccccc2c1N. The lowest BCUT2D eigenvalue weighted by Crippen LogP contribution is -1.95. The van der Waals surface area contributed by atoms with E-state index in [-0.39, 0.29) is 0 Å². The maximum absolute atomic E-state index is 5.98. The van der Waals surface area contributed by atoms with Crippen molar-refractivity contribution in [1.29, 1.82) is 0 Å². The van der Waals surface area contributed by atoms with Crippen LogP contribution in [0.5, 0.6) is 0 Å². The summed E-state index contributed by atoms with van der Waals surface area (Å²) in [6.45, 7) is 0. The van der Waals surface area contributed by atoms with E-state index in [0.717, 1.165) is 21.5 Å². The summed E-state index contributed by atoms with van der Waals surface area (Å²) in [5.74, 6) is 0. The fourth-order valence-electron chi connectivity index (χ4n) is 3.37. The van der Waals surface area contributed by atoms with E-state index in [4.69, 9.17) is 22.9 Å². The van der Waals surface area contributed by atoms with Gasteiger partial charge in [0.1, 0.15) is 0 Å². The zero-order valence-corrected chi connectivity index (χ0v) is 15.4. The summed E-state index contributed by atoms with van der Waals surface area (Å²) in [4.78, 5) is 0. The summed E-state index contributed by atoms with van der Waals surface area (Å²) in [7, 11) is 0. The van der Waals surface area contributed by atoms with E-state index in [1.165, 1.54) is 10.8 Å². The van der Waals surface area contributed by atoms with Crippen molar-refractivity contribution < 1.29 is 0 Å². The minimum Gasteiger partial charge on any atom is -0.397 e. The molecule has 0 bridgehead atoms. The van der Waals surface area contributed by atoms with Crippen molar-refractivity contribution in [3.63, 3.8) is 0 Å². The zero-order valence-electron chi connectivity index (χ0n) is 15.4. The zero-order chi connectivity index (χ0) is 19.7. The number of nitrogen functional groups attached to an aromatic ring is 4. The van der Waals surface area contributed by atoms with Gasteiger partial charge in [-0.3, -0.25) is 0 Å². The lowest BCUT2D eigenvalue weighted by molar-refractivity contribution is 1.71. The lowest BCUT2D eigenvalue weighted by atomic mass is 10.0. The molecule has 0 saturated heterocycles. The number of benzene rings is 5. The van der Waals surface area contributed by atoms with Gasteiger partial charge in [0.05, 0.1) is 22.7 Å². The smallest absolute Gasteiger partial charge is 0.0627 e. The fraction of sp³-hybridized carbons (Fsp3) is 0. The first-order valence-electron chi connectivity index (χ1n) is 9.04. The molecule has 0 saturated carbocycles. The van der Waals surface area contributed by atoms with Crippen molar-refractivity contribution in [1.82, 2.24) is 0 Å². The Morgan fingerprint density at radius 3 is 1.57 bits per heavy atom. The molecule has 0 aliphatic heterocycles. The molecule has 0 aromatic heterocycles. The molecule has 0 radical (unpaired) electrons. The molecule has 0 amide bonds. The third-order valence-electron chi connectivity index (χ3n) is 4.97. The molecule has 0 unspecified atom stereocenters. The molecule has 5 rings (SSSR count). The van der Waals surface area contributed by atoms with Gasteiger partial charge in [-0.05, 0) is 45.8 Å². The average Bonchev–Trinajstić information content (AvgIpc) is 2.73. The van der Waals surface area contributed by atoms with E-state index in [1.54, 1.807) is 0 Å². The van der Waals surface area contributed by atoms with E-state index >= 15 is 0 Å². The Morgan fingerprint density at radius 2 is 0.893 bits per heavy atom. The lowest BCUT2D eigenvalue weighted by Gasteiger charge is -2.07. The molecule has 0 atom stereocenters. The summed E-state index contributed by atoms with van der Waals surface area (Å²) in [5.41, 5.74) is 25.9.